The lowest BCUT2D eigenvalue weighted by Crippen LogP contribution is -1.94. The Morgan fingerprint density at radius 3 is 2.56 bits per heavy atom. The Morgan fingerprint density at radius 1 is 1.11 bits per heavy atom. The number of aromatic hydroxyl groups is 1. The fourth-order valence-electron chi connectivity index (χ4n) is 2.51. The molecule has 7 heteroatoms. The molecule has 0 aromatic heterocycles. The van der Waals surface area contributed by atoms with Gasteiger partial charge in [0.2, 0.25) is 0 Å². The van der Waals surface area contributed by atoms with Crippen molar-refractivity contribution in [1.29, 1.82) is 0 Å². The minimum atomic E-state index is -0.463. The molecule has 0 aliphatic rings. The molecule has 2 N–H and O–H groups in total. The molecular weight excluding hydrogens is 366 g/mol. The van der Waals surface area contributed by atoms with Crippen LogP contribution < -0.4 is 5.43 Å². The van der Waals surface area contributed by atoms with Crippen LogP contribution in [0, 0.1) is 10.1 Å². The summed E-state index contributed by atoms with van der Waals surface area (Å²) in [5, 5.41) is 25.5. The van der Waals surface area contributed by atoms with Gasteiger partial charge >= 0.3 is 0 Å². The number of nitro groups is 1. The Hall–Kier alpha value is -3.38. The van der Waals surface area contributed by atoms with Crippen molar-refractivity contribution in [2.24, 2.45) is 5.10 Å². The highest BCUT2D eigenvalue weighted by Gasteiger charge is 2.05. The molecule has 0 atom stereocenters. The fraction of sp³-hybridized carbons (Fsp3) is 0.0500. The summed E-state index contributed by atoms with van der Waals surface area (Å²) >= 11 is 6.20. The number of nitrogens with zero attached hydrogens (tertiary/aromatic N) is 2. The van der Waals surface area contributed by atoms with Crippen LogP contribution in [0.2, 0.25) is 5.02 Å². The summed E-state index contributed by atoms with van der Waals surface area (Å²) in [7, 11) is 0. The zero-order chi connectivity index (χ0) is 19.2. The number of hydrazone groups is 1. The van der Waals surface area contributed by atoms with E-state index in [1.54, 1.807) is 18.2 Å². The molecule has 3 rings (SSSR count). The van der Waals surface area contributed by atoms with Crippen molar-refractivity contribution < 1.29 is 10.0 Å². The van der Waals surface area contributed by atoms with E-state index in [1.165, 1.54) is 18.3 Å². The zero-order valence-electron chi connectivity index (χ0n) is 14.2. The molecule has 3 aromatic rings. The number of phenols is 1. The van der Waals surface area contributed by atoms with E-state index in [4.69, 9.17) is 11.6 Å². The summed E-state index contributed by atoms with van der Waals surface area (Å²) in [6.45, 7) is 0. The van der Waals surface area contributed by atoms with Gasteiger partial charge in [-0.2, -0.15) is 5.10 Å². The summed E-state index contributed by atoms with van der Waals surface area (Å²) in [5.74, 6) is 0.104. The van der Waals surface area contributed by atoms with E-state index < -0.39 is 4.92 Å². The van der Waals surface area contributed by atoms with Gasteiger partial charge in [0.25, 0.3) is 5.69 Å². The molecule has 0 aliphatic heterocycles. The first-order chi connectivity index (χ1) is 13.0. The van der Waals surface area contributed by atoms with Gasteiger partial charge in [-0.1, -0.05) is 35.9 Å². The second-order valence-electron chi connectivity index (χ2n) is 5.84. The monoisotopic (exact) mass is 381 g/mol. The number of halogens is 1. The first kappa shape index (κ1) is 18.4. The van der Waals surface area contributed by atoms with Crippen LogP contribution in [0.15, 0.2) is 71.8 Å². The molecule has 0 bridgehead atoms. The summed E-state index contributed by atoms with van der Waals surface area (Å²) in [4.78, 5) is 10.2. The van der Waals surface area contributed by atoms with Gasteiger partial charge < -0.3 is 5.11 Å². The topological polar surface area (TPSA) is 87.8 Å². The van der Waals surface area contributed by atoms with E-state index in [9.17, 15) is 15.2 Å². The standard InChI is InChI=1S/C20H16ClN3O3/c21-19-4-2-1-3-15(19)11-14-5-10-20(25)16(12-14)13-22-23-17-6-8-18(9-7-17)24(26)27/h1-10,12-13,23,25H,11H2/b22-13-. The van der Waals surface area contributed by atoms with E-state index in [2.05, 4.69) is 10.5 Å². The number of rotatable bonds is 6. The lowest BCUT2D eigenvalue weighted by atomic mass is 10.0. The highest BCUT2D eigenvalue weighted by Crippen LogP contribution is 2.22. The van der Waals surface area contributed by atoms with Crippen LogP contribution in [-0.2, 0) is 6.42 Å². The fourth-order valence-corrected chi connectivity index (χ4v) is 2.72. The van der Waals surface area contributed by atoms with Crippen LogP contribution in [0.25, 0.3) is 0 Å². The predicted molar refractivity (Wildman–Crippen MR) is 107 cm³/mol. The van der Waals surface area contributed by atoms with Crippen LogP contribution in [0.3, 0.4) is 0 Å². The quantitative estimate of drug-likeness (QED) is 0.357. The SMILES string of the molecule is O=[N+]([O-])c1ccc(N/N=C\c2cc(Cc3ccccc3Cl)ccc2O)cc1. The van der Waals surface area contributed by atoms with E-state index in [-0.39, 0.29) is 11.4 Å². The summed E-state index contributed by atoms with van der Waals surface area (Å²) in [6.07, 6.45) is 2.13. The Morgan fingerprint density at radius 2 is 1.85 bits per heavy atom. The first-order valence-corrected chi connectivity index (χ1v) is 8.49. The van der Waals surface area contributed by atoms with Gasteiger partial charge in [0.15, 0.2) is 0 Å². The number of anilines is 1. The molecule has 0 aliphatic carbocycles. The van der Waals surface area contributed by atoms with Crippen molar-refractivity contribution in [2.75, 3.05) is 5.43 Å². The van der Waals surface area contributed by atoms with Crippen LogP contribution in [0.1, 0.15) is 16.7 Å². The molecule has 0 spiro atoms. The molecule has 3 aromatic carbocycles. The molecule has 136 valence electrons. The number of hydrogen-bond donors (Lipinski definition) is 2. The smallest absolute Gasteiger partial charge is 0.269 e. The lowest BCUT2D eigenvalue weighted by Gasteiger charge is -2.07. The van der Waals surface area contributed by atoms with Crippen LogP contribution in [-0.4, -0.2) is 16.2 Å². The lowest BCUT2D eigenvalue weighted by molar-refractivity contribution is -0.384. The summed E-state index contributed by atoms with van der Waals surface area (Å²) < 4.78 is 0. The normalized spacial score (nSPS) is 10.9. The van der Waals surface area contributed by atoms with Crippen LogP contribution >= 0.6 is 11.6 Å². The van der Waals surface area contributed by atoms with E-state index in [0.717, 1.165) is 11.1 Å². The first-order valence-electron chi connectivity index (χ1n) is 8.12. The third-order valence-corrected chi connectivity index (χ3v) is 4.29. The molecule has 0 saturated carbocycles. The summed E-state index contributed by atoms with van der Waals surface area (Å²) in [6, 6.07) is 18.8. The third kappa shape index (κ3) is 4.83. The Bertz CT molecular complexity index is 988. The summed E-state index contributed by atoms with van der Waals surface area (Å²) in [5.41, 5.74) is 5.92. The largest absolute Gasteiger partial charge is 0.507 e. The van der Waals surface area contributed by atoms with Crippen LogP contribution in [0.5, 0.6) is 5.75 Å². The Balaban J connectivity index is 1.71. The average Bonchev–Trinajstić information content (AvgIpc) is 2.66. The zero-order valence-corrected chi connectivity index (χ0v) is 14.9. The van der Waals surface area contributed by atoms with Crippen molar-refractivity contribution in [3.8, 4) is 5.75 Å². The van der Waals surface area contributed by atoms with Gasteiger partial charge in [-0.3, -0.25) is 15.5 Å². The van der Waals surface area contributed by atoms with Crippen molar-refractivity contribution in [2.45, 2.75) is 6.42 Å². The number of non-ortho nitro benzene ring substituents is 1. The van der Waals surface area contributed by atoms with Crippen molar-refractivity contribution in [3.63, 3.8) is 0 Å². The van der Waals surface area contributed by atoms with Gasteiger partial charge in [0, 0.05) is 22.7 Å². The van der Waals surface area contributed by atoms with Crippen molar-refractivity contribution in [3.05, 3.63) is 98.6 Å². The number of hydrogen-bond acceptors (Lipinski definition) is 5. The van der Waals surface area contributed by atoms with Crippen molar-refractivity contribution >= 4 is 29.2 Å². The Kier molecular flexibility index (Phi) is 5.68. The average molecular weight is 382 g/mol. The molecule has 0 unspecified atom stereocenters. The number of benzene rings is 3. The highest BCUT2D eigenvalue weighted by molar-refractivity contribution is 6.31. The maximum atomic E-state index is 10.7. The van der Waals surface area contributed by atoms with Gasteiger partial charge in [0.1, 0.15) is 5.75 Å². The molecule has 0 radical (unpaired) electrons. The number of nitro benzene ring substituents is 1. The predicted octanol–water partition coefficient (Wildman–Crippen LogP) is 4.99. The molecule has 0 heterocycles. The third-order valence-electron chi connectivity index (χ3n) is 3.92. The van der Waals surface area contributed by atoms with Crippen molar-refractivity contribution in [1.82, 2.24) is 0 Å². The minimum Gasteiger partial charge on any atom is -0.507 e. The van der Waals surface area contributed by atoms with E-state index in [1.807, 2.05) is 36.4 Å². The minimum absolute atomic E-state index is 0.00875. The van der Waals surface area contributed by atoms with Gasteiger partial charge in [-0.15, -0.1) is 0 Å². The number of nitrogens with one attached hydrogen (secondary N) is 1. The molecule has 0 fully saturated rings. The highest BCUT2D eigenvalue weighted by atomic mass is 35.5. The maximum Gasteiger partial charge on any atom is 0.269 e. The maximum absolute atomic E-state index is 10.7. The molecular formula is C20H16ClN3O3. The molecule has 0 amide bonds. The van der Waals surface area contributed by atoms with Gasteiger partial charge in [-0.05, 0) is 47.9 Å². The molecule has 27 heavy (non-hydrogen) atoms. The van der Waals surface area contributed by atoms with Crippen LogP contribution in [0.4, 0.5) is 11.4 Å². The second-order valence-corrected chi connectivity index (χ2v) is 6.24. The second kappa shape index (κ2) is 8.33. The van der Waals surface area contributed by atoms with E-state index >= 15 is 0 Å². The molecule has 6 nitrogen and oxygen atoms in total. The van der Waals surface area contributed by atoms with Gasteiger partial charge in [-0.25, -0.2) is 0 Å². The van der Waals surface area contributed by atoms with Gasteiger partial charge in [0.05, 0.1) is 16.8 Å². The van der Waals surface area contributed by atoms with E-state index in [0.29, 0.717) is 22.7 Å². The Labute approximate surface area is 160 Å². The number of phenolic OH excluding ortho intramolecular Hbond substituents is 1. The molecule has 0 saturated heterocycles.